The average Bonchev–Trinajstić information content (AvgIpc) is 3.18. The molecule has 29 heavy (non-hydrogen) atoms. The van der Waals surface area contributed by atoms with Crippen molar-refractivity contribution in [1.82, 2.24) is 10.2 Å². The lowest BCUT2D eigenvalue weighted by molar-refractivity contribution is -0.136. The van der Waals surface area contributed by atoms with Crippen molar-refractivity contribution in [1.29, 1.82) is 0 Å². The first-order valence-electron chi connectivity index (χ1n) is 9.89. The van der Waals surface area contributed by atoms with E-state index in [-0.39, 0.29) is 29.6 Å². The lowest BCUT2D eigenvalue weighted by Crippen LogP contribution is -2.52. The number of carbonyl (C=O) groups excluding carboxylic acids is 3. The van der Waals surface area contributed by atoms with Gasteiger partial charge in [0.05, 0.1) is 6.61 Å². The van der Waals surface area contributed by atoms with E-state index in [4.69, 9.17) is 4.74 Å². The molecule has 3 heterocycles. The number of benzene rings is 2. The Kier molecular flexibility index (Phi) is 3.81. The van der Waals surface area contributed by atoms with Crippen LogP contribution in [0.2, 0.25) is 0 Å². The topological polar surface area (TPSA) is 75.7 Å². The molecule has 3 amide bonds. The summed E-state index contributed by atoms with van der Waals surface area (Å²) in [7, 11) is 0. The Labute approximate surface area is 168 Å². The fourth-order valence-corrected chi connectivity index (χ4v) is 4.45. The lowest BCUT2D eigenvalue weighted by atomic mass is 9.85. The fourth-order valence-electron chi connectivity index (χ4n) is 4.45. The zero-order valence-electron chi connectivity index (χ0n) is 16.5. The number of imide groups is 1. The van der Waals surface area contributed by atoms with Gasteiger partial charge >= 0.3 is 0 Å². The molecule has 0 aromatic heterocycles. The smallest absolute Gasteiger partial charge is 0.255 e. The molecule has 0 radical (unpaired) electrons. The molecule has 0 spiro atoms. The highest BCUT2D eigenvalue weighted by atomic mass is 16.5. The van der Waals surface area contributed by atoms with Crippen molar-refractivity contribution in [2.24, 2.45) is 0 Å². The molecule has 148 valence electrons. The molecule has 1 atom stereocenters. The summed E-state index contributed by atoms with van der Waals surface area (Å²) in [5, 5.41) is 2.34. The van der Waals surface area contributed by atoms with Crippen molar-refractivity contribution in [3.05, 3.63) is 53.1 Å². The molecular weight excluding hydrogens is 368 g/mol. The first kappa shape index (κ1) is 17.9. The highest BCUT2D eigenvalue weighted by molar-refractivity contribution is 6.05. The van der Waals surface area contributed by atoms with Gasteiger partial charge in [0.25, 0.3) is 5.91 Å². The van der Waals surface area contributed by atoms with Gasteiger partial charge in [0.15, 0.2) is 0 Å². The monoisotopic (exact) mass is 390 g/mol. The molecule has 0 bridgehead atoms. The van der Waals surface area contributed by atoms with Crippen LogP contribution < -0.4 is 10.1 Å². The second kappa shape index (κ2) is 6.17. The molecule has 3 aliphatic heterocycles. The van der Waals surface area contributed by atoms with Crippen LogP contribution in [0.4, 0.5) is 0 Å². The van der Waals surface area contributed by atoms with Crippen molar-refractivity contribution in [2.45, 2.75) is 44.7 Å². The summed E-state index contributed by atoms with van der Waals surface area (Å²) >= 11 is 0. The van der Waals surface area contributed by atoms with E-state index in [2.05, 4.69) is 25.2 Å². The number of ether oxygens (including phenoxy) is 1. The van der Waals surface area contributed by atoms with E-state index in [9.17, 15) is 14.4 Å². The summed E-state index contributed by atoms with van der Waals surface area (Å²) in [5.74, 6) is 0.119. The number of nitrogens with one attached hydrogen (secondary N) is 1. The molecule has 1 fully saturated rings. The van der Waals surface area contributed by atoms with Crippen LogP contribution in [0.15, 0.2) is 36.4 Å². The SMILES string of the molecule is CC1(C)COc2ccc(-c3ccc4c(c3)CN(C3CCC(=O)NC3=O)C4=O)cc21. The van der Waals surface area contributed by atoms with E-state index >= 15 is 0 Å². The Morgan fingerprint density at radius 1 is 1.07 bits per heavy atom. The third kappa shape index (κ3) is 2.82. The summed E-state index contributed by atoms with van der Waals surface area (Å²) < 4.78 is 5.78. The maximum atomic E-state index is 12.9. The standard InChI is InChI=1S/C23H22N2O4/c1-23(2)12-29-19-7-4-14(10-17(19)23)13-3-5-16-15(9-13)11-25(22(16)28)18-6-8-20(26)24-21(18)27/h3-5,7,9-10,18H,6,8,11-12H2,1-2H3,(H,24,26,27). The van der Waals surface area contributed by atoms with Gasteiger partial charge in [-0.05, 0) is 47.4 Å². The van der Waals surface area contributed by atoms with Gasteiger partial charge in [0.2, 0.25) is 11.8 Å². The number of carbonyl (C=O) groups is 3. The van der Waals surface area contributed by atoms with Gasteiger partial charge in [0.1, 0.15) is 11.8 Å². The molecule has 0 saturated carbocycles. The third-order valence-corrected chi connectivity index (χ3v) is 6.15. The molecule has 2 aromatic rings. The molecule has 5 rings (SSSR count). The largest absolute Gasteiger partial charge is 0.492 e. The minimum atomic E-state index is -0.589. The second-order valence-corrected chi connectivity index (χ2v) is 8.66. The van der Waals surface area contributed by atoms with Crippen LogP contribution in [0.25, 0.3) is 11.1 Å². The summed E-state index contributed by atoms with van der Waals surface area (Å²) in [4.78, 5) is 38.1. The van der Waals surface area contributed by atoms with Gasteiger partial charge in [-0.2, -0.15) is 0 Å². The minimum absolute atomic E-state index is 0.0272. The lowest BCUT2D eigenvalue weighted by Gasteiger charge is -2.29. The summed E-state index contributed by atoms with van der Waals surface area (Å²) in [6.45, 7) is 5.39. The number of fused-ring (bicyclic) bond motifs is 2. The van der Waals surface area contributed by atoms with Gasteiger partial charge in [0, 0.05) is 29.5 Å². The molecule has 2 aromatic carbocycles. The molecule has 3 aliphatic rings. The molecule has 0 aliphatic carbocycles. The van der Waals surface area contributed by atoms with E-state index < -0.39 is 6.04 Å². The first-order chi connectivity index (χ1) is 13.8. The Hall–Kier alpha value is -3.15. The fraction of sp³-hybridized carbons (Fsp3) is 0.348. The molecule has 1 saturated heterocycles. The van der Waals surface area contributed by atoms with Gasteiger partial charge in [-0.25, -0.2) is 0 Å². The Balaban J connectivity index is 1.45. The molecule has 1 N–H and O–H groups in total. The van der Waals surface area contributed by atoms with E-state index in [1.807, 2.05) is 30.3 Å². The molecule has 6 heteroatoms. The Morgan fingerprint density at radius 2 is 1.83 bits per heavy atom. The van der Waals surface area contributed by atoms with Crippen LogP contribution in [0, 0.1) is 0 Å². The molecular formula is C23H22N2O4. The Bertz CT molecular complexity index is 1070. The zero-order chi connectivity index (χ0) is 20.3. The van der Waals surface area contributed by atoms with Crippen molar-refractivity contribution < 1.29 is 19.1 Å². The van der Waals surface area contributed by atoms with Gasteiger partial charge in [-0.15, -0.1) is 0 Å². The maximum absolute atomic E-state index is 12.9. The van der Waals surface area contributed by atoms with Gasteiger partial charge in [-0.3, -0.25) is 19.7 Å². The van der Waals surface area contributed by atoms with Crippen LogP contribution in [0.3, 0.4) is 0 Å². The number of amides is 3. The predicted molar refractivity (Wildman–Crippen MR) is 106 cm³/mol. The van der Waals surface area contributed by atoms with Gasteiger partial charge < -0.3 is 9.64 Å². The summed E-state index contributed by atoms with van der Waals surface area (Å²) in [5.41, 5.74) is 4.82. The highest BCUT2D eigenvalue weighted by Gasteiger charge is 2.39. The van der Waals surface area contributed by atoms with E-state index in [0.29, 0.717) is 25.1 Å². The number of hydrogen-bond acceptors (Lipinski definition) is 4. The van der Waals surface area contributed by atoms with Crippen LogP contribution in [-0.2, 0) is 21.5 Å². The van der Waals surface area contributed by atoms with Crippen LogP contribution in [0.5, 0.6) is 5.75 Å². The zero-order valence-corrected chi connectivity index (χ0v) is 16.5. The van der Waals surface area contributed by atoms with Crippen LogP contribution in [0.1, 0.15) is 48.2 Å². The number of rotatable bonds is 2. The normalized spacial score (nSPS) is 22.2. The summed E-state index contributed by atoms with van der Waals surface area (Å²) in [6, 6.07) is 11.4. The van der Waals surface area contributed by atoms with Gasteiger partial charge in [-0.1, -0.05) is 26.0 Å². The van der Waals surface area contributed by atoms with Crippen molar-refractivity contribution in [3.63, 3.8) is 0 Å². The third-order valence-electron chi connectivity index (χ3n) is 6.15. The number of piperidine rings is 1. The number of nitrogens with zero attached hydrogens (tertiary/aromatic N) is 1. The molecule has 6 nitrogen and oxygen atoms in total. The van der Waals surface area contributed by atoms with E-state index in [0.717, 1.165) is 22.4 Å². The quantitative estimate of drug-likeness (QED) is 0.800. The predicted octanol–water partition coefficient (Wildman–Crippen LogP) is 2.78. The Morgan fingerprint density at radius 3 is 2.62 bits per heavy atom. The highest BCUT2D eigenvalue weighted by Crippen LogP contribution is 2.41. The van der Waals surface area contributed by atoms with Crippen molar-refractivity contribution >= 4 is 17.7 Å². The van der Waals surface area contributed by atoms with E-state index in [1.54, 1.807) is 4.90 Å². The second-order valence-electron chi connectivity index (χ2n) is 8.66. The maximum Gasteiger partial charge on any atom is 0.255 e. The number of hydrogen-bond donors (Lipinski definition) is 1. The van der Waals surface area contributed by atoms with Crippen molar-refractivity contribution in [3.8, 4) is 16.9 Å². The van der Waals surface area contributed by atoms with Crippen LogP contribution in [-0.4, -0.2) is 35.3 Å². The first-order valence-corrected chi connectivity index (χ1v) is 9.89. The average molecular weight is 390 g/mol. The van der Waals surface area contributed by atoms with Crippen molar-refractivity contribution in [2.75, 3.05) is 6.61 Å². The molecule has 1 unspecified atom stereocenters. The van der Waals surface area contributed by atoms with Crippen LogP contribution >= 0.6 is 0 Å². The summed E-state index contributed by atoms with van der Waals surface area (Å²) in [6.07, 6.45) is 0.631. The van der Waals surface area contributed by atoms with E-state index in [1.165, 1.54) is 5.56 Å². The minimum Gasteiger partial charge on any atom is -0.492 e.